The Hall–Kier alpha value is -1.90. The summed E-state index contributed by atoms with van der Waals surface area (Å²) in [6, 6.07) is 12.3. The van der Waals surface area contributed by atoms with E-state index in [2.05, 4.69) is 23.2 Å². The molecule has 0 N–H and O–H groups in total. The van der Waals surface area contributed by atoms with Crippen molar-refractivity contribution in [1.29, 1.82) is 0 Å². The highest BCUT2D eigenvalue weighted by molar-refractivity contribution is 5.78. The number of esters is 1. The Labute approximate surface area is 106 Å². The summed E-state index contributed by atoms with van der Waals surface area (Å²) in [4.78, 5) is 16.0. The highest BCUT2D eigenvalue weighted by atomic mass is 16.5. The summed E-state index contributed by atoms with van der Waals surface area (Å²) in [5, 5.41) is 1.16. The van der Waals surface area contributed by atoms with E-state index in [1.807, 2.05) is 18.2 Å². The molecule has 0 aliphatic heterocycles. The van der Waals surface area contributed by atoms with Crippen LogP contribution in [0.25, 0.3) is 10.9 Å². The minimum atomic E-state index is -0.0907. The molecule has 0 spiro atoms. The van der Waals surface area contributed by atoms with Gasteiger partial charge in [-0.05, 0) is 25.0 Å². The number of benzene rings is 1. The summed E-state index contributed by atoms with van der Waals surface area (Å²) in [6.45, 7) is 0. The Morgan fingerprint density at radius 1 is 1.22 bits per heavy atom. The normalized spacial score (nSPS) is 22.5. The van der Waals surface area contributed by atoms with Gasteiger partial charge in [-0.1, -0.05) is 24.3 Å². The summed E-state index contributed by atoms with van der Waals surface area (Å²) >= 11 is 0. The van der Waals surface area contributed by atoms with Crippen molar-refractivity contribution in [3.05, 3.63) is 42.1 Å². The van der Waals surface area contributed by atoms with Crippen LogP contribution in [0.2, 0.25) is 0 Å². The SMILES string of the molecule is COC(=O)[C@H]1C[C@H](c2ccc3ccccc3n2)C1. The summed E-state index contributed by atoms with van der Waals surface area (Å²) < 4.78 is 4.75. The standard InChI is InChI=1S/C15H15NO2/c1-18-15(17)12-8-11(9-12)14-7-6-10-4-2-3-5-13(10)16-14/h2-7,11-12H,8-9H2,1H3/t11-,12-. The Morgan fingerprint density at radius 2 is 2.00 bits per heavy atom. The number of fused-ring (bicyclic) bond motifs is 1. The molecule has 0 amide bonds. The van der Waals surface area contributed by atoms with Gasteiger partial charge in [-0.15, -0.1) is 0 Å². The monoisotopic (exact) mass is 241 g/mol. The maximum Gasteiger partial charge on any atom is 0.308 e. The van der Waals surface area contributed by atoms with Crippen molar-refractivity contribution in [2.75, 3.05) is 7.11 Å². The Morgan fingerprint density at radius 3 is 2.78 bits per heavy atom. The van der Waals surface area contributed by atoms with Gasteiger partial charge in [-0.2, -0.15) is 0 Å². The number of aromatic nitrogens is 1. The molecule has 1 fully saturated rings. The van der Waals surface area contributed by atoms with Crippen molar-refractivity contribution in [2.24, 2.45) is 5.92 Å². The Balaban J connectivity index is 1.78. The maximum absolute atomic E-state index is 11.3. The number of rotatable bonds is 2. The molecular formula is C15H15NO2. The molecule has 92 valence electrons. The summed E-state index contributed by atoms with van der Waals surface area (Å²) in [6.07, 6.45) is 1.72. The molecule has 1 aliphatic carbocycles. The van der Waals surface area contributed by atoms with Gasteiger partial charge in [0.15, 0.2) is 0 Å². The number of ether oxygens (including phenoxy) is 1. The van der Waals surface area contributed by atoms with Gasteiger partial charge in [-0.25, -0.2) is 0 Å². The zero-order chi connectivity index (χ0) is 12.5. The van der Waals surface area contributed by atoms with E-state index in [-0.39, 0.29) is 11.9 Å². The predicted octanol–water partition coefficient (Wildman–Crippen LogP) is 2.90. The van der Waals surface area contributed by atoms with Crippen LogP contribution in [0.5, 0.6) is 0 Å². The fourth-order valence-corrected chi connectivity index (χ4v) is 2.53. The molecular weight excluding hydrogens is 226 g/mol. The first-order chi connectivity index (χ1) is 8.78. The molecule has 2 aromatic rings. The van der Waals surface area contributed by atoms with Crippen molar-refractivity contribution >= 4 is 16.9 Å². The second-order valence-electron chi connectivity index (χ2n) is 4.82. The second kappa shape index (κ2) is 4.41. The average Bonchev–Trinajstić information content (AvgIpc) is 2.36. The van der Waals surface area contributed by atoms with Crippen LogP contribution in [0.1, 0.15) is 24.5 Å². The van der Waals surface area contributed by atoms with Crippen molar-refractivity contribution in [1.82, 2.24) is 4.98 Å². The number of hydrogen-bond donors (Lipinski definition) is 0. The van der Waals surface area contributed by atoms with Gasteiger partial charge < -0.3 is 4.74 Å². The van der Waals surface area contributed by atoms with E-state index in [9.17, 15) is 4.79 Å². The minimum absolute atomic E-state index is 0.0632. The number of para-hydroxylation sites is 1. The summed E-state index contributed by atoms with van der Waals surface area (Å²) in [5.41, 5.74) is 2.12. The number of carbonyl (C=O) groups is 1. The van der Waals surface area contributed by atoms with Crippen LogP contribution in [0.15, 0.2) is 36.4 Å². The number of nitrogens with zero attached hydrogens (tertiary/aromatic N) is 1. The largest absolute Gasteiger partial charge is 0.469 e. The third-order valence-electron chi connectivity index (χ3n) is 3.71. The van der Waals surface area contributed by atoms with Crippen molar-refractivity contribution in [3.63, 3.8) is 0 Å². The molecule has 1 aromatic heterocycles. The molecule has 1 saturated carbocycles. The third-order valence-corrected chi connectivity index (χ3v) is 3.71. The second-order valence-corrected chi connectivity index (χ2v) is 4.82. The lowest BCUT2D eigenvalue weighted by atomic mass is 9.73. The minimum Gasteiger partial charge on any atom is -0.469 e. The summed E-state index contributed by atoms with van der Waals surface area (Å²) in [5.74, 6) is 0.374. The molecule has 0 unspecified atom stereocenters. The first kappa shape index (κ1) is 11.2. The van der Waals surface area contributed by atoms with Gasteiger partial charge in [0.2, 0.25) is 0 Å². The average molecular weight is 241 g/mol. The van der Waals surface area contributed by atoms with Crippen LogP contribution in [-0.4, -0.2) is 18.1 Å². The van der Waals surface area contributed by atoms with E-state index >= 15 is 0 Å². The van der Waals surface area contributed by atoms with Crippen molar-refractivity contribution in [2.45, 2.75) is 18.8 Å². The summed E-state index contributed by atoms with van der Waals surface area (Å²) in [7, 11) is 1.45. The van der Waals surface area contributed by atoms with Crippen LogP contribution >= 0.6 is 0 Å². The van der Waals surface area contributed by atoms with Crippen LogP contribution < -0.4 is 0 Å². The fraction of sp³-hybridized carbons (Fsp3) is 0.333. The van der Waals surface area contributed by atoms with Crippen LogP contribution in [0.4, 0.5) is 0 Å². The number of hydrogen-bond acceptors (Lipinski definition) is 3. The molecule has 1 heterocycles. The Bertz CT molecular complexity index is 588. The molecule has 3 nitrogen and oxygen atoms in total. The van der Waals surface area contributed by atoms with Gasteiger partial charge >= 0.3 is 5.97 Å². The van der Waals surface area contributed by atoms with E-state index in [0.29, 0.717) is 5.92 Å². The lowest BCUT2D eigenvalue weighted by molar-refractivity contribution is -0.148. The number of carbonyl (C=O) groups excluding carboxylic acids is 1. The quantitative estimate of drug-likeness (QED) is 0.759. The molecule has 18 heavy (non-hydrogen) atoms. The molecule has 1 aliphatic rings. The molecule has 3 heteroatoms. The topological polar surface area (TPSA) is 39.2 Å². The molecule has 0 bridgehead atoms. The predicted molar refractivity (Wildman–Crippen MR) is 69.2 cm³/mol. The first-order valence-electron chi connectivity index (χ1n) is 6.21. The first-order valence-corrected chi connectivity index (χ1v) is 6.21. The molecule has 3 rings (SSSR count). The number of methoxy groups -OCH3 is 1. The van der Waals surface area contributed by atoms with Gasteiger partial charge in [0.05, 0.1) is 18.5 Å². The van der Waals surface area contributed by atoms with E-state index in [4.69, 9.17) is 4.74 Å². The van der Waals surface area contributed by atoms with Crippen molar-refractivity contribution in [3.8, 4) is 0 Å². The van der Waals surface area contributed by atoms with E-state index < -0.39 is 0 Å². The smallest absolute Gasteiger partial charge is 0.308 e. The van der Waals surface area contributed by atoms with E-state index in [1.165, 1.54) is 7.11 Å². The van der Waals surface area contributed by atoms with Gasteiger partial charge in [0.25, 0.3) is 0 Å². The fourth-order valence-electron chi connectivity index (χ4n) is 2.53. The number of pyridine rings is 1. The lowest BCUT2D eigenvalue weighted by Gasteiger charge is -2.32. The Kier molecular flexibility index (Phi) is 2.74. The van der Waals surface area contributed by atoms with Crippen molar-refractivity contribution < 1.29 is 9.53 Å². The van der Waals surface area contributed by atoms with Crippen LogP contribution in [0, 0.1) is 5.92 Å². The van der Waals surface area contributed by atoms with Gasteiger partial charge in [-0.3, -0.25) is 9.78 Å². The van der Waals surface area contributed by atoms with Crippen LogP contribution in [0.3, 0.4) is 0 Å². The van der Waals surface area contributed by atoms with Crippen LogP contribution in [-0.2, 0) is 9.53 Å². The highest BCUT2D eigenvalue weighted by Gasteiger charge is 2.36. The molecule has 0 saturated heterocycles. The van der Waals surface area contributed by atoms with E-state index in [0.717, 1.165) is 29.4 Å². The lowest BCUT2D eigenvalue weighted by Crippen LogP contribution is -2.30. The third kappa shape index (κ3) is 1.86. The zero-order valence-electron chi connectivity index (χ0n) is 10.3. The van der Waals surface area contributed by atoms with E-state index in [1.54, 1.807) is 0 Å². The van der Waals surface area contributed by atoms with Gasteiger partial charge in [0.1, 0.15) is 0 Å². The zero-order valence-corrected chi connectivity index (χ0v) is 10.3. The molecule has 0 atom stereocenters. The highest BCUT2D eigenvalue weighted by Crippen LogP contribution is 2.41. The molecule has 0 radical (unpaired) electrons. The maximum atomic E-state index is 11.3. The molecule has 1 aromatic carbocycles. The van der Waals surface area contributed by atoms with Gasteiger partial charge in [0, 0.05) is 17.0 Å².